The Morgan fingerprint density at radius 2 is 1.97 bits per heavy atom. The van der Waals surface area contributed by atoms with Crippen LogP contribution in [0.25, 0.3) is 6.08 Å². The van der Waals surface area contributed by atoms with Gasteiger partial charge < -0.3 is 20.5 Å². The highest BCUT2D eigenvalue weighted by Crippen LogP contribution is 2.20. The van der Waals surface area contributed by atoms with Crippen LogP contribution >= 0.6 is 27.5 Å². The molecule has 0 fully saturated rings. The number of aromatic nitrogens is 2. The number of esters is 1. The van der Waals surface area contributed by atoms with Crippen molar-refractivity contribution in [3.8, 4) is 5.75 Å². The van der Waals surface area contributed by atoms with Gasteiger partial charge in [-0.25, -0.2) is 4.79 Å². The van der Waals surface area contributed by atoms with E-state index in [9.17, 15) is 19.5 Å². The standard InChI is InChI=1S/C22H19BrN4O5S/c1-12-19(33-27-26-12)10-18(22(31)32-2)25-21(30)16-7-6-14(9-17(16)23)20(29)24-11-13-4-3-5-15(28)8-13/h3-10,28H,11H2,1-2H3,(H,24,29)(H,25,30). The molecule has 0 saturated heterocycles. The van der Waals surface area contributed by atoms with Gasteiger partial charge in [-0.2, -0.15) is 0 Å². The summed E-state index contributed by atoms with van der Waals surface area (Å²) in [4.78, 5) is 38.0. The minimum absolute atomic E-state index is 0.0727. The number of phenolic OH excluding ortho intramolecular Hbond substituents is 1. The van der Waals surface area contributed by atoms with Gasteiger partial charge in [-0.3, -0.25) is 9.59 Å². The lowest BCUT2D eigenvalue weighted by Crippen LogP contribution is -2.28. The van der Waals surface area contributed by atoms with E-state index in [1.165, 1.54) is 31.4 Å². The van der Waals surface area contributed by atoms with Crippen molar-refractivity contribution < 1.29 is 24.2 Å². The van der Waals surface area contributed by atoms with Gasteiger partial charge >= 0.3 is 5.97 Å². The third-order valence-corrected chi connectivity index (χ3v) is 5.88. The van der Waals surface area contributed by atoms with Crippen molar-refractivity contribution in [3.05, 3.63) is 79.9 Å². The van der Waals surface area contributed by atoms with Crippen molar-refractivity contribution in [2.75, 3.05) is 7.11 Å². The van der Waals surface area contributed by atoms with E-state index in [2.05, 4.69) is 36.2 Å². The van der Waals surface area contributed by atoms with Crippen LogP contribution in [0.4, 0.5) is 0 Å². The van der Waals surface area contributed by atoms with Crippen molar-refractivity contribution in [2.45, 2.75) is 13.5 Å². The van der Waals surface area contributed by atoms with Crippen molar-refractivity contribution in [1.82, 2.24) is 20.2 Å². The molecule has 170 valence electrons. The normalized spacial score (nSPS) is 11.1. The van der Waals surface area contributed by atoms with E-state index in [-0.39, 0.29) is 29.5 Å². The molecule has 0 atom stereocenters. The van der Waals surface area contributed by atoms with Crippen LogP contribution in [-0.4, -0.2) is 39.6 Å². The Bertz CT molecular complexity index is 1240. The Morgan fingerprint density at radius 3 is 2.61 bits per heavy atom. The van der Waals surface area contributed by atoms with Gasteiger partial charge in [0.2, 0.25) is 0 Å². The first kappa shape index (κ1) is 24.1. The van der Waals surface area contributed by atoms with Crippen LogP contribution in [0, 0.1) is 6.92 Å². The number of benzene rings is 2. The number of nitrogens with one attached hydrogen (secondary N) is 2. The molecule has 2 amide bonds. The molecule has 3 aromatic rings. The molecule has 33 heavy (non-hydrogen) atoms. The van der Waals surface area contributed by atoms with Crippen LogP contribution < -0.4 is 10.6 Å². The van der Waals surface area contributed by atoms with Gasteiger partial charge in [0.25, 0.3) is 11.8 Å². The first-order valence-corrected chi connectivity index (χ1v) is 11.1. The summed E-state index contributed by atoms with van der Waals surface area (Å²) in [6.45, 7) is 1.96. The third kappa shape index (κ3) is 6.24. The highest BCUT2D eigenvalue weighted by Gasteiger charge is 2.19. The Balaban J connectivity index is 1.73. The number of phenols is 1. The molecule has 0 aliphatic rings. The maximum Gasteiger partial charge on any atom is 0.354 e. The number of carbonyl (C=O) groups is 3. The molecule has 9 nitrogen and oxygen atoms in total. The lowest BCUT2D eigenvalue weighted by molar-refractivity contribution is -0.136. The number of methoxy groups -OCH3 is 1. The van der Waals surface area contributed by atoms with Crippen LogP contribution in [0.1, 0.15) is 36.9 Å². The summed E-state index contributed by atoms with van der Waals surface area (Å²) < 4.78 is 8.92. The summed E-state index contributed by atoms with van der Waals surface area (Å²) in [7, 11) is 1.21. The van der Waals surface area contributed by atoms with Gasteiger partial charge in [-0.1, -0.05) is 16.6 Å². The Kier molecular flexibility index (Phi) is 7.91. The van der Waals surface area contributed by atoms with E-state index in [4.69, 9.17) is 4.74 Å². The fraction of sp³-hybridized carbons (Fsp3) is 0.136. The first-order chi connectivity index (χ1) is 15.8. The SMILES string of the molecule is COC(=O)C(=Cc1snnc1C)NC(=O)c1ccc(C(=O)NCc2cccc(O)c2)cc1Br. The molecule has 3 rings (SSSR count). The molecule has 0 aliphatic heterocycles. The van der Waals surface area contributed by atoms with Gasteiger partial charge in [-0.05, 0) is 76.4 Å². The van der Waals surface area contributed by atoms with Crippen molar-refractivity contribution in [3.63, 3.8) is 0 Å². The number of aryl methyl sites for hydroxylation is 1. The van der Waals surface area contributed by atoms with Crippen LogP contribution in [0.2, 0.25) is 0 Å². The van der Waals surface area contributed by atoms with Crippen LogP contribution in [-0.2, 0) is 16.1 Å². The zero-order chi connectivity index (χ0) is 24.0. The summed E-state index contributed by atoms with van der Waals surface area (Å²) in [5.74, 6) is -1.54. The molecular weight excluding hydrogens is 512 g/mol. The minimum atomic E-state index is -0.727. The third-order valence-electron chi connectivity index (χ3n) is 4.46. The van der Waals surface area contributed by atoms with Crippen LogP contribution in [0.15, 0.2) is 52.6 Å². The predicted molar refractivity (Wildman–Crippen MR) is 126 cm³/mol. The number of carbonyl (C=O) groups excluding carboxylic acids is 3. The molecule has 1 heterocycles. The maximum atomic E-state index is 12.8. The van der Waals surface area contributed by atoms with Crippen molar-refractivity contribution >= 4 is 51.3 Å². The molecule has 0 spiro atoms. The van der Waals surface area contributed by atoms with Crippen LogP contribution in [0.3, 0.4) is 0 Å². The molecule has 2 aromatic carbocycles. The second-order valence-corrected chi connectivity index (χ2v) is 8.41. The number of hydrogen-bond donors (Lipinski definition) is 3. The lowest BCUT2D eigenvalue weighted by Gasteiger charge is -2.11. The Morgan fingerprint density at radius 1 is 1.18 bits per heavy atom. The topological polar surface area (TPSA) is 131 Å². The molecule has 1 aromatic heterocycles. The average molecular weight is 531 g/mol. The van der Waals surface area contributed by atoms with E-state index in [1.54, 1.807) is 31.2 Å². The number of aromatic hydroxyl groups is 1. The highest BCUT2D eigenvalue weighted by molar-refractivity contribution is 9.10. The second-order valence-electron chi connectivity index (χ2n) is 6.77. The zero-order valence-corrected chi connectivity index (χ0v) is 20.0. The quantitative estimate of drug-likeness (QED) is 0.315. The number of nitrogens with zero attached hydrogens (tertiary/aromatic N) is 2. The summed E-state index contributed by atoms with van der Waals surface area (Å²) in [5, 5.41) is 18.7. The summed E-state index contributed by atoms with van der Waals surface area (Å²) in [5.41, 5.74) is 1.82. The average Bonchev–Trinajstić information content (AvgIpc) is 3.20. The molecule has 0 aliphatic carbocycles. The first-order valence-electron chi connectivity index (χ1n) is 9.54. The fourth-order valence-electron chi connectivity index (χ4n) is 2.74. The van der Waals surface area contributed by atoms with Crippen molar-refractivity contribution in [2.24, 2.45) is 0 Å². The monoisotopic (exact) mass is 530 g/mol. The summed E-state index contributed by atoms with van der Waals surface area (Å²) in [6.07, 6.45) is 1.45. The Labute approximate surface area is 201 Å². The molecular formula is C22H19BrN4O5S. The van der Waals surface area contributed by atoms with Gasteiger partial charge in [0.1, 0.15) is 11.4 Å². The van der Waals surface area contributed by atoms with Crippen molar-refractivity contribution in [1.29, 1.82) is 0 Å². The number of halogens is 1. The second kappa shape index (κ2) is 10.8. The molecule has 0 radical (unpaired) electrons. The minimum Gasteiger partial charge on any atom is -0.508 e. The largest absolute Gasteiger partial charge is 0.508 e. The number of hydrogen-bond acceptors (Lipinski definition) is 8. The molecule has 11 heteroatoms. The molecule has 0 unspecified atom stereocenters. The highest BCUT2D eigenvalue weighted by atomic mass is 79.9. The van der Waals surface area contributed by atoms with E-state index in [1.807, 2.05) is 0 Å². The molecule has 0 bridgehead atoms. The summed E-state index contributed by atoms with van der Waals surface area (Å²) in [6, 6.07) is 11.0. The van der Waals surface area contributed by atoms with E-state index >= 15 is 0 Å². The molecule has 3 N–H and O–H groups in total. The number of rotatable bonds is 7. The smallest absolute Gasteiger partial charge is 0.354 e. The maximum absolute atomic E-state index is 12.8. The zero-order valence-electron chi connectivity index (χ0n) is 17.6. The van der Waals surface area contributed by atoms with Gasteiger partial charge in [-0.15, -0.1) is 5.10 Å². The number of ether oxygens (including phenoxy) is 1. The predicted octanol–water partition coefficient (Wildman–Crippen LogP) is 3.19. The van der Waals surface area contributed by atoms with E-state index in [0.717, 1.165) is 17.1 Å². The summed E-state index contributed by atoms with van der Waals surface area (Å²) >= 11 is 4.39. The lowest BCUT2D eigenvalue weighted by atomic mass is 10.1. The van der Waals surface area contributed by atoms with Gasteiger partial charge in [0.15, 0.2) is 0 Å². The Hall–Kier alpha value is -3.57. The van der Waals surface area contributed by atoms with E-state index in [0.29, 0.717) is 20.6 Å². The van der Waals surface area contributed by atoms with E-state index < -0.39 is 11.9 Å². The van der Waals surface area contributed by atoms with Gasteiger partial charge in [0.05, 0.1) is 23.2 Å². The van der Waals surface area contributed by atoms with Gasteiger partial charge in [0, 0.05) is 16.6 Å². The number of amides is 2. The fourth-order valence-corrected chi connectivity index (χ4v) is 3.89. The van der Waals surface area contributed by atoms with Crippen LogP contribution in [0.5, 0.6) is 5.75 Å². The molecule has 0 saturated carbocycles.